The first-order valence-electron chi connectivity index (χ1n) is 8.26. The highest BCUT2D eigenvalue weighted by Crippen LogP contribution is 2.28. The highest BCUT2D eigenvalue weighted by atomic mass is 32.2. The van der Waals surface area contributed by atoms with Crippen LogP contribution in [-0.2, 0) is 14.3 Å². The summed E-state index contributed by atoms with van der Waals surface area (Å²) < 4.78 is 7.02. The molecule has 0 aliphatic heterocycles. The molecule has 0 saturated carbocycles. The number of ether oxygens (including phenoxy) is 1. The number of nitrogens with zero attached hydrogens (tertiary/aromatic N) is 2. The molecule has 0 radical (unpaired) electrons. The predicted octanol–water partition coefficient (Wildman–Crippen LogP) is 2.82. The van der Waals surface area contributed by atoms with Crippen LogP contribution in [-0.4, -0.2) is 40.1 Å². The van der Waals surface area contributed by atoms with Crippen LogP contribution in [0.3, 0.4) is 0 Å². The Morgan fingerprint density at radius 3 is 2.69 bits per heavy atom. The number of hydrogen-bond donors (Lipinski definition) is 1. The Hall–Kier alpha value is -2.54. The molecule has 0 fully saturated rings. The van der Waals surface area contributed by atoms with Gasteiger partial charge in [0.1, 0.15) is 0 Å². The number of nitrogens with one attached hydrogen (secondary N) is 1. The minimum Gasteiger partial charge on any atom is -0.452 e. The molecule has 138 valence electrons. The van der Waals surface area contributed by atoms with E-state index in [1.807, 2.05) is 48.9 Å². The van der Waals surface area contributed by atoms with Crippen molar-refractivity contribution in [3.05, 3.63) is 54.4 Å². The molecule has 2 aromatic rings. The molecule has 26 heavy (non-hydrogen) atoms. The van der Waals surface area contributed by atoms with E-state index in [1.54, 1.807) is 13.0 Å². The number of para-hydroxylation sites is 1. The lowest BCUT2D eigenvalue weighted by molar-refractivity contribution is -0.152. The van der Waals surface area contributed by atoms with Crippen molar-refractivity contribution in [1.29, 1.82) is 0 Å². The van der Waals surface area contributed by atoms with Gasteiger partial charge in [0.25, 0.3) is 5.91 Å². The van der Waals surface area contributed by atoms with E-state index in [0.717, 1.165) is 22.0 Å². The van der Waals surface area contributed by atoms with E-state index in [9.17, 15) is 9.59 Å². The summed E-state index contributed by atoms with van der Waals surface area (Å²) in [5, 5.41) is 7.15. The first-order valence-corrected chi connectivity index (χ1v) is 9.25. The molecule has 0 bridgehead atoms. The van der Waals surface area contributed by atoms with Gasteiger partial charge in [-0.2, -0.15) is 5.10 Å². The second-order valence-corrected chi connectivity index (χ2v) is 6.69. The number of rotatable bonds is 8. The largest absolute Gasteiger partial charge is 0.452 e. The molecule has 1 aromatic carbocycles. The highest BCUT2D eigenvalue weighted by molar-refractivity contribution is 8.00. The molecular formula is C19H23N3O3S. The van der Waals surface area contributed by atoms with Crippen LogP contribution in [0.4, 0.5) is 0 Å². The molecule has 0 spiro atoms. The Morgan fingerprint density at radius 1 is 1.35 bits per heavy atom. The lowest BCUT2D eigenvalue weighted by Crippen LogP contribution is -2.36. The van der Waals surface area contributed by atoms with Crippen molar-refractivity contribution in [1.82, 2.24) is 15.1 Å². The van der Waals surface area contributed by atoms with Crippen molar-refractivity contribution in [2.75, 3.05) is 12.3 Å². The molecule has 1 atom stereocenters. The molecule has 1 amide bonds. The number of esters is 1. The van der Waals surface area contributed by atoms with Crippen molar-refractivity contribution in [2.24, 2.45) is 0 Å². The third kappa shape index (κ3) is 4.98. The van der Waals surface area contributed by atoms with E-state index < -0.39 is 12.1 Å². The van der Waals surface area contributed by atoms with Gasteiger partial charge in [-0.15, -0.1) is 18.3 Å². The van der Waals surface area contributed by atoms with Crippen LogP contribution in [0, 0.1) is 13.8 Å². The Morgan fingerprint density at radius 2 is 2.04 bits per heavy atom. The average molecular weight is 373 g/mol. The summed E-state index contributed by atoms with van der Waals surface area (Å²) in [6.07, 6.45) is 0.732. The third-order valence-corrected chi connectivity index (χ3v) is 4.92. The van der Waals surface area contributed by atoms with E-state index in [-0.39, 0.29) is 11.7 Å². The summed E-state index contributed by atoms with van der Waals surface area (Å²) in [4.78, 5) is 24.7. The Kier molecular flexibility index (Phi) is 7.03. The van der Waals surface area contributed by atoms with E-state index in [2.05, 4.69) is 17.0 Å². The van der Waals surface area contributed by atoms with Crippen molar-refractivity contribution in [2.45, 2.75) is 31.8 Å². The van der Waals surface area contributed by atoms with E-state index in [0.29, 0.717) is 6.54 Å². The second-order valence-electron chi connectivity index (χ2n) is 5.70. The zero-order valence-corrected chi connectivity index (χ0v) is 16.0. The fourth-order valence-corrected chi connectivity index (χ4v) is 3.27. The highest BCUT2D eigenvalue weighted by Gasteiger charge is 2.19. The summed E-state index contributed by atoms with van der Waals surface area (Å²) in [6.45, 7) is 9.28. The normalized spacial score (nSPS) is 11.7. The second kappa shape index (κ2) is 9.24. The van der Waals surface area contributed by atoms with Crippen molar-refractivity contribution < 1.29 is 14.3 Å². The summed E-state index contributed by atoms with van der Waals surface area (Å²) >= 11 is 1.36. The molecule has 0 saturated heterocycles. The van der Waals surface area contributed by atoms with Gasteiger partial charge in [0.05, 0.1) is 27.7 Å². The third-order valence-electron chi connectivity index (χ3n) is 3.66. The predicted molar refractivity (Wildman–Crippen MR) is 103 cm³/mol. The molecule has 1 aromatic heterocycles. The Bertz CT molecular complexity index is 787. The van der Waals surface area contributed by atoms with E-state index in [4.69, 9.17) is 4.74 Å². The van der Waals surface area contributed by atoms with Crippen LogP contribution in [0.2, 0.25) is 0 Å². The van der Waals surface area contributed by atoms with Crippen molar-refractivity contribution in [3.63, 3.8) is 0 Å². The van der Waals surface area contributed by atoms with Gasteiger partial charge in [0.2, 0.25) is 0 Å². The van der Waals surface area contributed by atoms with Crippen molar-refractivity contribution in [3.8, 4) is 5.69 Å². The first kappa shape index (κ1) is 19.8. The van der Waals surface area contributed by atoms with Gasteiger partial charge in [0, 0.05) is 6.54 Å². The summed E-state index contributed by atoms with van der Waals surface area (Å²) in [5.74, 6) is -0.670. The van der Waals surface area contributed by atoms with Crippen LogP contribution in [0.1, 0.15) is 18.3 Å². The maximum atomic E-state index is 12.0. The summed E-state index contributed by atoms with van der Waals surface area (Å²) in [7, 11) is 0. The Labute approximate surface area is 157 Å². The number of thioether (sulfide) groups is 1. The van der Waals surface area contributed by atoms with Crippen LogP contribution < -0.4 is 5.32 Å². The van der Waals surface area contributed by atoms with Crippen LogP contribution >= 0.6 is 11.8 Å². The molecule has 2 rings (SSSR count). The lowest BCUT2D eigenvalue weighted by atomic mass is 10.3. The summed E-state index contributed by atoms with van der Waals surface area (Å²) in [6, 6.07) is 9.81. The molecule has 0 aliphatic rings. The molecule has 7 heteroatoms. The van der Waals surface area contributed by atoms with Crippen LogP contribution in [0.25, 0.3) is 5.69 Å². The topological polar surface area (TPSA) is 73.2 Å². The number of amides is 1. The maximum absolute atomic E-state index is 12.0. The number of carbonyl (C=O) groups excluding carboxylic acids is 2. The van der Waals surface area contributed by atoms with E-state index >= 15 is 0 Å². The van der Waals surface area contributed by atoms with Gasteiger partial charge in [0.15, 0.2) is 6.10 Å². The van der Waals surface area contributed by atoms with Gasteiger partial charge >= 0.3 is 5.97 Å². The number of hydrogen-bond acceptors (Lipinski definition) is 5. The van der Waals surface area contributed by atoms with Gasteiger partial charge in [-0.3, -0.25) is 9.59 Å². The van der Waals surface area contributed by atoms with E-state index in [1.165, 1.54) is 11.8 Å². The monoisotopic (exact) mass is 373 g/mol. The average Bonchev–Trinajstić information content (AvgIpc) is 2.92. The molecular weight excluding hydrogens is 350 g/mol. The first-order chi connectivity index (χ1) is 12.4. The number of aromatic nitrogens is 2. The standard InChI is InChI=1S/C19H23N3O3S/c1-5-11-20-19(24)15(4)25-17(23)12-26-18-13(2)21-22(14(18)3)16-9-7-6-8-10-16/h5-10,15H,1,11-12H2,2-4H3,(H,20,24)/t15-/m1/s1. The number of carbonyl (C=O) groups is 2. The Balaban J connectivity index is 1.97. The van der Waals surface area contributed by atoms with Crippen LogP contribution in [0.15, 0.2) is 47.9 Å². The smallest absolute Gasteiger partial charge is 0.317 e. The van der Waals surface area contributed by atoms with Gasteiger partial charge in [-0.25, -0.2) is 4.68 Å². The van der Waals surface area contributed by atoms with Crippen molar-refractivity contribution >= 4 is 23.6 Å². The molecule has 1 heterocycles. The lowest BCUT2D eigenvalue weighted by Gasteiger charge is -2.12. The van der Waals surface area contributed by atoms with Gasteiger partial charge in [-0.1, -0.05) is 24.3 Å². The molecule has 0 unspecified atom stereocenters. The zero-order valence-electron chi connectivity index (χ0n) is 15.2. The minimum atomic E-state index is -0.836. The maximum Gasteiger partial charge on any atom is 0.317 e. The summed E-state index contributed by atoms with van der Waals surface area (Å²) in [5.41, 5.74) is 2.78. The molecule has 6 nitrogen and oxygen atoms in total. The SMILES string of the molecule is C=CCNC(=O)[C@@H](C)OC(=O)CSc1c(C)nn(-c2ccccc2)c1C. The van der Waals surface area contributed by atoms with Gasteiger partial charge in [-0.05, 0) is 32.9 Å². The zero-order chi connectivity index (χ0) is 19.1. The van der Waals surface area contributed by atoms with Gasteiger partial charge < -0.3 is 10.1 Å². The number of aryl methyl sites for hydroxylation is 1. The quantitative estimate of drug-likeness (QED) is 0.438. The number of benzene rings is 1. The molecule has 1 N–H and O–H groups in total. The molecule has 0 aliphatic carbocycles. The minimum absolute atomic E-state index is 0.112. The fraction of sp³-hybridized carbons (Fsp3) is 0.316. The fourth-order valence-electron chi connectivity index (χ4n) is 2.39. The van der Waals surface area contributed by atoms with Crippen LogP contribution in [0.5, 0.6) is 0 Å².